The number of carbonyl (C=O) groups is 1. The fourth-order valence-electron chi connectivity index (χ4n) is 2.04. The first-order valence-corrected chi connectivity index (χ1v) is 4.92. The first-order chi connectivity index (χ1) is 7.02. The maximum atomic E-state index is 11.7. The third-order valence-electron chi connectivity index (χ3n) is 2.91. The number of nitrogens with zero attached hydrogens (tertiary/aromatic N) is 2. The molecular formula is C11H14N2O2. The number of likely N-dealkylation sites (N-methyl/N-ethyl adjacent to an activating group) is 1. The molecule has 4 nitrogen and oxygen atoms in total. The van der Waals surface area contributed by atoms with Crippen molar-refractivity contribution in [3.05, 3.63) is 30.1 Å². The number of hydrogen-bond donors (Lipinski definition) is 1. The van der Waals surface area contributed by atoms with E-state index in [4.69, 9.17) is 0 Å². The van der Waals surface area contributed by atoms with E-state index in [0.29, 0.717) is 6.42 Å². The van der Waals surface area contributed by atoms with Gasteiger partial charge in [-0.3, -0.25) is 9.78 Å². The number of rotatable bonds is 1. The average Bonchev–Trinajstić information content (AvgIpc) is 2.44. The topological polar surface area (TPSA) is 53.4 Å². The van der Waals surface area contributed by atoms with Crippen LogP contribution in [0.2, 0.25) is 0 Å². The van der Waals surface area contributed by atoms with Gasteiger partial charge in [0.1, 0.15) is 5.60 Å². The van der Waals surface area contributed by atoms with Crippen molar-refractivity contribution < 1.29 is 9.90 Å². The van der Waals surface area contributed by atoms with Crippen molar-refractivity contribution in [2.24, 2.45) is 0 Å². The molecule has 1 fully saturated rings. The van der Waals surface area contributed by atoms with Crippen molar-refractivity contribution in [2.75, 3.05) is 7.05 Å². The number of carbonyl (C=O) groups excluding carboxylic acids is 1. The van der Waals surface area contributed by atoms with E-state index in [1.807, 2.05) is 12.1 Å². The molecule has 2 heterocycles. The lowest BCUT2D eigenvalue weighted by atomic mass is 9.99. The molecule has 2 rings (SSSR count). The molecule has 0 spiro atoms. The molecule has 80 valence electrons. The first-order valence-electron chi connectivity index (χ1n) is 4.92. The number of pyridine rings is 1. The van der Waals surface area contributed by atoms with Crippen LogP contribution in [-0.2, 0) is 4.79 Å². The van der Waals surface area contributed by atoms with Gasteiger partial charge in [0, 0.05) is 25.9 Å². The standard InChI is InChI=1S/C11H14N2O2/c1-11(15)6-9(13(2)10(11)14)8-4-3-5-12-7-8/h3-5,7,9,15H,6H2,1-2H3. The molecule has 2 unspecified atom stereocenters. The Balaban J connectivity index is 2.31. The first kappa shape index (κ1) is 10.1. The van der Waals surface area contributed by atoms with Crippen LogP contribution in [0, 0.1) is 0 Å². The van der Waals surface area contributed by atoms with Crippen LogP contribution in [-0.4, -0.2) is 33.5 Å². The van der Waals surface area contributed by atoms with Crippen LogP contribution < -0.4 is 0 Å². The zero-order valence-corrected chi connectivity index (χ0v) is 8.84. The minimum absolute atomic E-state index is 0.0683. The third kappa shape index (κ3) is 1.61. The molecule has 0 bridgehead atoms. The second-order valence-electron chi connectivity index (χ2n) is 4.20. The Morgan fingerprint density at radius 1 is 1.67 bits per heavy atom. The smallest absolute Gasteiger partial charge is 0.254 e. The van der Waals surface area contributed by atoms with Gasteiger partial charge in [0.25, 0.3) is 5.91 Å². The number of likely N-dealkylation sites (tertiary alicyclic amines) is 1. The van der Waals surface area contributed by atoms with E-state index in [1.54, 1.807) is 31.3 Å². The second-order valence-corrected chi connectivity index (χ2v) is 4.20. The Bertz CT molecular complexity index is 375. The summed E-state index contributed by atoms with van der Waals surface area (Å²) in [4.78, 5) is 17.3. The SMILES string of the molecule is CN1C(=O)C(C)(O)CC1c1cccnc1. The summed E-state index contributed by atoms with van der Waals surface area (Å²) in [5, 5.41) is 9.85. The van der Waals surface area contributed by atoms with E-state index in [2.05, 4.69) is 4.98 Å². The summed E-state index contributed by atoms with van der Waals surface area (Å²) in [7, 11) is 1.71. The predicted octanol–water partition coefficient (Wildman–Crippen LogP) is 0.736. The molecule has 2 atom stereocenters. The summed E-state index contributed by atoms with van der Waals surface area (Å²) >= 11 is 0. The maximum absolute atomic E-state index is 11.7. The quantitative estimate of drug-likeness (QED) is 0.737. The Morgan fingerprint density at radius 2 is 2.40 bits per heavy atom. The van der Waals surface area contributed by atoms with Crippen LogP contribution in [0.5, 0.6) is 0 Å². The molecule has 0 aliphatic carbocycles. The highest BCUT2D eigenvalue weighted by Crippen LogP contribution is 2.36. The Morgan fingerprint density at radius 3 is 2.87 bits per heavy atom. The Labute approximate surface area is 88.6 Å². The molecule has 1 aromatic rings. The van der Waals surface area contributed by atoms with Crippen molar-refractivity contribution in [1.82, 2.24) is 9.88 Å². The lowest BCUT2D eigenvalue weighted by Crippen LogP contribution is -2.35. The van der Waals surface area contributed by atoms with Crippen LogP contribution in [0.4, 0.5) is 0 Å². The minimum atomic E-state index is -1.24. The summed E-state index contributed by atoms with van der Waals surface area (Å²) in [5.41, 5.74) is -0.277. The molecule has 0 radical (unpaired) electrons. The van der Waals surface area contributed by atoms with Gasteiger partial charge in [0.2, 0.25) is 0 Å². The third-order valence-corrected chi connectivity index (χ3v) is 2.91. The Hall–Kier alpha value is -1.42. The van der Waals surface area contributed by atoms with Crippen molar-refractivity contribution in [1.29, 1.82) is 0 Å². The molecule has 1 aliphatic rings. The molecule has 0 aromatic carbocycles. The molecule has 1 amide bonds. The number of aliphatic hydroxyl groups is 1. The van der Waals surface area contributed by atoms with Gasteiger partial charge in [-0.05, 0) is 18.6 Å². The normalized spacial score (nSPS) is 31.0. The number of hydrogen-bond acceptors (Lipinski definition) is 3. The predicted molar refractivity (Wildman–Crippen MR) is 55.0 cm³/mol. The summed E-state index contributed by atoms with van der Waals surface area (Å²) in [6, 6.07) is 3.69. The van der Waals surface area contributed by atoms with Crippen LogP contribution in [0.25, 0.3) is 0 Å². The van der Waals surface area contributed by atoms with E-state index in [0.717, 1.165) is 5.56 Å². The van der Waals surface area contributed by atoms with Crippen molar-refractivity contribution >= 4 is 5.91 Å². The van der Waals surface area contributed by atoms with Gasteiger partial charge in [-0.1, -0.05) is 6.07 Å². The van der Waals surface area contributed by atoms with Gasteiger partial charge in [0.05, 0.1) is 6.04 Å². The summed E-state index contributed by atoms with van der Waals surface area (Å²) in [5.74, 6) is -0.226. The van der Waals surface area contributed by atoms with Gasteiger partial charge < -0.3 is 10.0 Å². The van der Waals surface area contributed by atoms with Crippen molar-refractivity contribution in [2.45, 2.75) is 25.0 Å². The van der Waals surface area contributed by atoms with Gasteiger partial charge in [-0.25, -0.2) is 0 Å². The summed E-state index contributed by atoms with van der Waals surface area (Å²) < 4.78 is 0. The molecule has 1 aliphatic heterocycles. The van der Waals surface area contributed by atoms with Gasteiger partial charge in [-0.2, -0.15) is 0 Å². The van der Waals surface area contributed by atoms with Gasteiger partial charge >= 0.3 is 0 Å². The van der Waals surface area contributed by atoms with Crippen LogP contribution in [0.3, 0.4) is 0 Å². The molecule has 1 N–H and O–H groups in total. The van der Waals surface area contributed by atoms with Crippen molar-refractivity contribution in [3.63, 3.8) is 0 Å². The Kier molecular flexibility index (Phi) is 2.23. The highest BCUT2D eigenvalue weighted by molar-refractivity contribution is 5.87. The molecule has 15 heavy (non-hydrogen) atoms. The summed E-state index contributed by atoms with van der Waals surface area (Å²) in [6.07, 6.45) is 3.85. The van der Waals surface area contributed by atoms with Gasteiger partial charge in [0.15, 0.2) is 0 Å². The zero-order chi connectivity index (χ0) is 11.1. The minimum Gasteiger partial charge on any atom is -0.380 e. The second kappa shape index (κ2) is 3.31. The monoisotopic (exact) mass is 206 g/mol. The maximum Gasteiger partial charge on any atom is 0.254 e. The van der Waals surface area contributed by atoms with E-state index in [9.17, 15) is 9.90 Å². The van der Waals surface area contributed by atoms with Crippen LogP contribution in [0.15, 0.2) is 24.5 Å². The molecule has 4 heteroatoms. The van der Waals surface area contributed by atoms with E-state index in [1.165, 1.54) is 0 Å². The lowest BCUT2D eigenvalue weighted by Gasteiger charge is -2.18. The summed E-state index contributed by atoms with van der Waals surface area (Å²) in [6.45, 7) is 1.56. The van der Waals surface area contributed by atoms with Crippen molar-refractivity contribution in [3.8, 4) is 0 Å². The number of amides is 1. The van der Waals surface area contributed by atoms with Gasteiger partial charge in [-0.15, -0.1) is 0 Å². The zero-order valence-electron chi connectivity index (χ0n) is 8.84. The molecule has 1 aromatic heterocycles. The molecular weight excluding hydrogens is 192 g/mol. The van der Waals surface area contributed by atoms with Crippen LogP contribution >= 0.6 is 0 Å². The van der Waals surface area contributed by atoms with E-state index >= 15 is 0 Å². The fourth-order valence-corrected chi connectivity index (χ4v) is 2.04. The van der Waals surface area contributed by atoms with Crippen LogP contribution in [0.1, 0.15) is 24.9 Å². The largest absolute Gasteiger partial charge is 0.380 e. The average molecular weight is 206 g/mol. The fraction of sp³-hybridized carbons (Fsp3) is 0.455. The highest BCUT2D eigenvalue weighted by atomic mass is 16.3. The molecule has 1 saturated heterocycles. The molecule has 0 saturated carbocycles. The van der Waals surface area contributed by atoms with E-state index in [-0.39, 0.29) is 11.9 Å². The highest BCUT2D eigenvalue weighted by Gasteiger charge is 2.45. The van der Waals surface area contributed by atoms with E-state index < -0.39 is 5.60 Å². The lowest BCUT2D eigenvalue weighted by molar-refractivity contribution is -0.141. The number of aromatic nitrogens is 1.